The first-order chi connectivity index (χ1) is 16.1. The highest BCUT2D eigenvalue weighted by Gasteiger charge is 2.59. The van der Waals surface area contributed by atoms with Gasteiger partial charge in [-0.25, -0.2) is 0 Å². The number of carbonyl (C=O) groups excluding carboxylic acids is 2. The lowest BCUT2D eigenvalue weighted by Crippen LogP contribution is -2.49. The van der Waals surface area contributed by atoms with E-state index in [1.807, 2.05) is 35.2 Å². The monoisotopic (exact) mass is 463 g/mol. The van der Waals surface area contributed by atoms with Crippen LogP contribution in [-0.2, 0) is 16.1 Å². The Hall–Kier alpha value is -2.31. The number of hydrogen-bond donors (Lipinski definition) is 0. The molecular formula is C27H33N3O2S. The number of piperazine rings is 1. The van der Waals surface area contributed by atoms with Crippen LogP contribution < -0.4 is 0 Å². The van der Waals surface area contributed by atoms with E-state index in [2.05, 4.69) is 40.1 Å². The zero-order chi connectivity index (χ0) is 22.7. The fraction of sp³-hybridized carbons (Fsp3) is 0.481. The summed E-state index contributed by atoms with van der Waals surface area (Å²) in [6.45, 7) is 6.11. The van der Waals surface area contributed by atoms with Crippen LogP contribution in [0.15, 0.2) is 65.6 Å². The summed E-state index contributed by atoms with van der Waals surface area (Å²) in [4.78, 5) is 33.5. The van der Waals surface area contributed by atoms with Gasteiger partial charge in [0.1, 0.15) is 0 Å². The molecule has 2 heterocycles. The summed E-state index contributed by atoms with van der Waals surface area (Å²) < 4.78 is 0. The van der Waals surface area contributed by atoms with E-state index in [1.165, 1.54) is 5.56 Å². The van der Waals surface area contributed by atoms with E-state index in [9.17, 15) is 9.59 Å². The van der Waals surface area contributed by atoms with Gasteiger partial charge >= 0.3 is 0 Å². The second kappa shape index (κ2) is 9.90. The lowest BCUT2D eigenvalue weighted by Gasteiger charge is -2.36. The summed E-state index contributed by atoms with van der Waals surface area (Å²) in [5.41, 5.74) is 1.49. The van der Waals surface area contributed by atoms with Gasteiger partial charge in [-0.2, -0.15) is 0 Å². The smallest absolute Gasteiger partial charge is 0.232 e. The maximum atomic E-state index is 13.2. The maximum absolute atomic E-state index is 13.2. The molecule has 1 atom stereocenters. The predicted octanol–water partition coefficient (Wildman–Crippen LogP) is 3.75. The first-order valence-corrected chi connectivity index (χ1v) is 13.1. The highest BCUT2D eigenvalue weighted by molar-refractivity contribution is 8.00. The lowest BCUT2D eigenvalue weighted by atomic mass is 9.90. The molecule has 2 amide bonds. The number of carbonyl (C=O) groups is 2. The number of rotatable bonds is 6. The largest absolute Gasteiger partial charge is 0.342 e. The van der Waals surface area contributed by atoms with Gasteiger partial charge in [0.25, 0.3) is 0 Å². The van der Waals surface area contributed by atoms with Crippen molar-refractivity contribution in [2.45, 2.75) is 30.7 Å². The molecule has 0 unspecified atom stereocenters. The molecule has 5 rings (SSSR count). The average molecular weight is 464 g/mol. The predicted molar refractivity (Wildman–Crippen MR) is 132 cm³/mol. The van der Waals surface area contributed by atoms with Gasteiger partial charge in [0.05, 0.1) is 5.75 Å². The van der Waals surface area contributed by atoms with Gasteiger partial charge in [-0.15, -0.1) is 11.8 Å². The van der Waals surface area contributed by atoms with Gasteiger partial charge in [-0.3, -0.25) is 14.5 Å². The van der Waals surface area contributed by atoms with Crippen LogP contribution in [0.2, 0.25) is 0 Å². The molecule has 0 aromatic heterocycles. The highest BCUT2D eigenvalue weighted by Crippen LogP contribution is 2.60. The van der Waals surface area contributed by atoms with Crippen molar-refractivity contribution in [3.8, 4) is 0 Å². The zero-order valence-corrected chi connectivity index (χ0v) is 20.0. The van der Waals surface area contributed by atoms with Crippen molar-refractivity contribution in [2.75, 3.05) is 45.0 Å². The lowest BCUT2D eigenvalue weighted by molar-refractivity contribution is -0.135. The summed E-state index contributed by atoms with van der Waals surface area (Å²) in [6.07, 6.45) is 2.95. The van der Waals surface area contributed by atoms with E-state index >= 15 is 0 Å². The number of likely N-dealkylation sites (tertiary alicyclic amines) is 1. The van der Waals surface area contributed by atoms with E-state index < -0.39 is 0 Å². The molecular weight excluding hydrogens is 430 g/mol. The summed E-state index contributed by atoms with van der Waals surface area (Å²) in [6, 6.07) is 20.7. The number of benzene rings is 2. The minimum absolute atomic E-state index is 0.154. The average Bonchev–Trinajstić information content (AvgIpc) is 3.57. The fourth-order valence-corrected chi connectivity index (χ4v) is 6.21. The maximum Gasteiger partial charge on any atom is 0.232 e. The third-order valence-corrected chi connectivity index (χ3v) is 8.64. The molecule has 3 fully saturated rings. The molecule has 2 aliphatic heterocycles. The van der Waals surface area contributed by atoms with Gasteiger partial charge in [0.2, 0.25) is 11.8 Å². The van der Waals surface area contributed by atoms with Crippen LogP contribution in [0.3, 0.4) is 0 Å². The highest BCUT2D eigenvalue weighted by atomic mass is 32.2. The topological polar surface area (TPSA) is 43.9 Å². The number of nitrogens with zero attached hydrogens (tertiary/aromatic N) is 3. The molecule has 3 aliphatic rings. The molecule has 1 spiro atoms. The second-order valence-electron chi connectivity index (χ2n) is 9.69. The number of hydrogen-bond acceptors (Lipinski definition) is 4. The van der Waals surface area contributed by atoms with Crippen molar-refractivity contribution in [3.63, 3.8) is 0 Å². The van der Waals surface area contributed by atoms with Crippen molar-refractivity contribution < 1.29 is 9.59 Å². The Labute approximate surface area is 201 Å². The van der Waals surface area contributed by atoms with Gasteiger partial charge in [0.15, 0.2) is 0 Å². The van der Waals surface area contributed by atoms with Crippen molar-refractivity contribution in [1.29, 1.82) is 0 Å². The van der Waals surface area contributed by atoms with Gasteiger partial charge in [-0.05, 0) is 42.4 Å². The second-order valence-corrected chi connectivity index (χ2v) is 10.7. The minimum atomic E-state index is 0.154. The van der Waals surface area contributed by atoms with Gasteiger partial charge < -0.3 is 9.80 Å². The Morgan fingerprint density at radius 1 is 0.818 bits per heavy atom. The number of amides is 2. The van der Waals surface area contributed by atoms with Crippen LogP contribution in [0.5, 0.6) is 0 Å². The van der Waals surface area contributed by atoms with Crippen LogP contribution in [0.4, 0.5) is 0 Å². The van der Waals surface area contributed by atoms with E-state index in [0.29, 0.717) is 11.7 Å². The molecule has 6 heteroatoms. The first-order valence-electron chi connectivity index (χ1n) is 12.1. The van der Waals surface area contributed by atoms with Crippen LogP contribution in [0.25, 0.3) is 0 Å². The number of thioether (sulfide) groups is 1. The molecule has 2 aromatic rings. The third-order valence-electron chi connectivity index (χ3n) is 7.64. The molecule has 2 saturated heterocycles. The molecule has 0 N–H and O–H groups in total. The van der Waals surface area contributed by atoms with Gasteiger partial charge in [-0.1, -0.05) is 48.5 Å². The molecule has 0 bridgehead atoms. The summed E-state index contributed by atoms with van der Waals surface area (Å²) in [5.74, 6) is 1.24. The van der Waals surface area contributed by atoms with Crippen molar-refractivity contribution in [2.24, 2.45) is 11.3 Å². The molecule has 5 nitrogen and oxygen atoms in total. The Morgan fingerprint density at radius 2 is 1.45 bits per heavy atom. The Balaban J connectivity index is 1.05. The zero-order valence-electron chi connectivity index (χ0n) is 19.2. The number of piperidine rings is 1. The molecule has 174 valence electrons. The molecule has 1 aliphatic carbocycles. The Morgan fingerprint density at radius 3 is 2.12 bits per heavy atom. The van der Waals surface area contributed by atoms with Crippen LogP contribution in [0, 0.1) is 11.3 Å². The van der Waals surface area contributed by atoms with Crippen molar-refractivity contribution in [1.82, 2.24) is 14.7 Å². The van der Waals surface area contributed by atoms with Crippen LogP contribution in [-0.4, -0.2) is 71.5 Å². The van der Waals surface area contributed by atoms with E-state index in [1.54, 1.807) is 11.8 Å². The Kier molecular flexibility index (Phi) is 6.74. The minimum Gasteiger partial charge on any atom is -0.342 e. The third kappa shape index (κ3) is 5.28. The van der Waals surface area contributed by atoms with E-state index in [-0.39, 0.29) is 17.2 Å². The van der Waals surface area contributed by atoms with Gasteiger partial charge in [0, 0.05) is 56.6 Å². The Bertz CT molecular complexity index is 952. The van der Waals surface area contributed by atoms with Crippen LogP contribution in [0.1, 0.15) is 24.8 Å². The molecule has 1 saturated carbocycles. The van der Waals surface area contributed by atoms with Crippen molar-refractivity contribution in [3.05, 3.63) is 66.2 Å². The first kappa shape index (κ1) is 22.5. The molecule has 0 radical (unpaired) electrons. The molecule has 2 aromatic carbocycles. The standard InChI is InChI=1S/C27H33N3O2S/c31-25(21-33-23-9-5-2-6-10-23)29-13-11-27(12-14-29)19-24(27)26(32)30-17-15-28(16-18-30)20-22-7-3-1-4-8-22/h1-10,24H,11-21H2/t24-/m1/s1. The summed E-state index contributed by atoms with van der Waals surface area (Å²) >= 11 is 1.61. The normalized spacial score (nSPS) is 22.4. The molecule has 33 heavy (non-hydrogen) atoms. The summed E-state index contributed by atoms with van der Waals surface area (Å²) in [7, 11) is 0. The fourth-order valence-electron chi connectivity index (χ4n) is 5.39. The quantitative estimate of drug-likeness (QED) is 0.612. The van der Waals surface area contributed by atoms with Crippen LogP contribution >= 0.6 is 11.8 Å². The van der Waals surface area contributed by atoms with E-state index in [4.69, 9.17) is 0 Å². The summed E-state index contributed by atoms with van der Waals surface area (Å²) in [5, 5.41) is 0. The van der Waals surface area contributed by atoms with Crippen molar-refractivity contribution >= 4 is 23.6 Å². The SMILES string of the molecule is O=C(CSc1ccccc1)N1CCC2(CC1)C[C@@H]2C(=O)N1CCN(Cc2ccccc2)CC1. The van der Waals surface area contributed by atoms with E-state index in [0.717, 1.165) is 70.0 Å².